The van der Waals surface area contributed by atoms with Crippen LogP contribution in [0.2, 0.25) is 0 Å². The normalized spacial score (nSPS) is 14.4. The molecule has 3 rings (SSSR count). The summed E-state index contributed by atoms with van der Waals surface area (Å²) >= 11 is 0. The number of aliphatic hydroxyl groups excluding tert-OH is 1. The number of likely N-dealkylation sites (tertiary alicyclic amines) is 1. The molecule has 0 radical (unpaired) electrons. The van der Waals surface area contributed by atoms with E-state index in [2.05, 4.69) is 5.10 Å². The fourth-order valence-electron chi connectivity index (χ4n) is 2.83. The smallest absolute Gasteiger partial charge is 0.272 e. The summed E-state index contributed by atoms with van der Waals surface area (Å²) < 4.78 is 12.2. The largest absolute Gasteiger partial charge is 0.497 e. The van der Waals surface area contributed by atoms with Gasteiger partial charge in [-0.25, -0.2) is 0 Å². The molecule has 1 N–H and O–H groups in total. The van der Waals surface area contributed by atoms with Gasteiger partial charge >= 0.3 is 0 Å². The minimum Gasteiger partial charge on any atom is -0.497 e. The van der Waals surface area contributed by atoms with Crippen LogP contribution in [0.3, 0.4) is 0 Å². The van der Waals surface area contributed by atoms with Crippen LogP contribution in [0.4, 0.5) is 0 Å². The second kappa shape index (κ2) is 6.52. The molecule has 1 fully saturated rings. The number of aryl methyl sites for hydroxylation is 1. The lowest BCUT2D eigenvalue weighted by atomic mass is 10.0. The average Bonchev–Trinajstić information content (AvgIpc) is 2.94. The van der Waals surface area contributed by atoms with Crippen LogP contribution in [0.1, 0.15) is 10.5 Å². The fraction of sp³-hybridized carbons (Fsp3) is 0.412. The quantitative estimate of drug-likeness (QED) is 0.890. The molecule has 2 aromatic rings. The minimum atomic E-state index is -0.0807. The van der Waals surface area contributed by atoms with Gasteiger partial charge in [-0.05, 0) is 24.3 Å². The Bertz CT molecular complexity index is 750. The van der Waals surface area contributed by atoms with E-state index in [-0.39, 0.29) is 18.4 Å². The summed E-state index contributed by atoms with van der Waals surface area (Å²) in [6.45, 7) is 1.28. The molecule has 0 bridgehead atoms. The summed E-state index contributed by atoms with van der Waals surface area (Å²) in [4.78, 5) is 14.3. The number of methoxy groups -OCH3 is 2. The molecule has 7 nitrogen and oxygen atoms in total. The predicted octanol–water partition coefficient (Wildman–Crippen LogP) is 1.17. The molecule has 0 aliphatic carbocycles. The minimum absolute atomic E-state index is 0.0807. The van der Waals surface area contributed by atoms with Crippen molar-refractivity contribution in [3.63, 3.8) is 0 Å². The van der Waals surface area contributed by atoms with Gasteiger partial charge in [0.05, 0.1) is 19.9 Å². The first-order valence-electron chi connectivity index (χ1n) is 7.74. The van der Waals surface area contributed by atoms with Crippen LogP contribution in [0.15, 0.2) is 24.3 Å². The Morgan fingerprint density at radius 1 is 1.29 bits per heavy atom. The van der Waals surface area contributed by atoms with Gasteiger partial charge in [-0.2, -0.15) is 5.10 Å². The van der Waals surface area contributed by atoms with Crippen molar-refractivity contribution in [1.29, 1.82) is 0 Å². The Morgan fingerprint density at radius 3 is 2.67 bits per heavy atom. The van der Waals surface area contributed by atoms with E-state index in [1.165, 1.54) is 0 Å². The van der Waals surface area contributed by atoms with Gasteiger partial charge in [0.2, 0.25) is 0 Å². The van der Waals surface area contributed by atoms with E-state index in [0.717, 1.165) is 5.56 Å². The highest BCUT2D eigenvalue weighted by atomic mass is 16.5. The molecule has 1 aromatic carbocycles. The van der Waals surface area contributed by atoms with E-state index < -0.39 is 0 Å². The molecule has 1 aliphatic heterocycles. The summed E-state index contributed by atoms with van der Waals surface area (Å²) in [6, 6.07) is 7.21. The molecular formula is C17H21N3O4. The maximum Gasteiger partial charge on any atom is 0.272 e. The SMILES string of the molecule is COc1ccc(OC)c(-c2cc(C(=O)N3CC(CO)C3)n(C)n2)c1. The van der Waals surface area contributed by atoms with Crippen molar-refractivity contribution >= 4 is 5.91 Å². The van der Waals surface area contributed by atoms with E-state index in [1.54, 1.807) is 36.9 Å². The number of benzene rings is 1. The number of rotatable bonds is 5. The van der Waals surface area contributed by atoms with Gasteiger partial charge in [-0.3, -0.25) is 9.48 Å². The molecule has 0 atom stereocenters. The lowest BCUT2D eigenvalue weighted by Gasteiger charge is -2.38. The third-order valence-electron chi connectivity index (χ3n) is 4.28. The molecule has 0 saturated carbocycles. The van der Waals surface area contributed by atoms with Crippen LogP contribution >= 0.6 is 0 Å². The highest BCUT2D eigenvalue weighted by Crippen LogP contribution is 2.33. The Morgan fingerprint density at radius 2 is 2.04 bits per heavy atom. The molecule has 2 heterocycles. The first kappa shape index (κ1) is 16.3. The second-order valence-electron chi connectivity index (χ2n) is 5.86. The highest BCUT2D eigenvalue weighted by molar-refractivity contribution is 5.94. The van der Waals surface area contributed by atoms with Gasteiger partial charge in [0.1, 0.15) is 17.2 Å². The van der Waals surface area contributed by atoms with Gasteiger partial charge in [0.15, 0.2) is 0 Å². The monoisotopic (exact) mass is 331 g/mol. The summed E-state index contributed by atoms with van der Waals surface area (Å²) in [5, 5.41) is 13.5. The molecule has 0 unspecified atom stereocenters. The van der Waals surface area contributed by atoms with Gasteiger partial charge in [-0.15, -0.1) is 0 Å². The molecule has 24 heavy (non-hydrogen) atoms. The van der Waals surface area contributed by atoms with Crippen molar-refractivity contribution in [2.24, 2.45) is 13.0 Å². The molecule has 128 valence electrons. The standard InChI is InChI=1S/C17H21N3O4/c1-19-15(17(22)20-8-11(9-20)10-21)7-14(18-19)13-6-12(23-2)4-5-16(13)24-3/h4-7,11,21H,8-10H2,1-3H3. The molecule has 7 heteroatoms. The number of nitrogens with zero attached hydrogens (tertiary/aromatic N) is 3. The van der Waals surface area contributed by atoms with E-state index in [0.29, 0.717) is 36.0 Å². The van der Waals surface area contributed by atoms with Crippen molar-refractivity contribution in [3.05, 3.63) is 30.0 Å². The Labute approximate surface area is 140 Å². The zero-order chi connectivity index (χ0) is 17.3. The molecule has 1 saturated heterocycles. The number of carbonyl (C=O) groups excluding carboxylic acids is 1. The zero-order valence-electron chi connectivity index (χ0n) is 14.0. The summed E-state index contributed by atoms with van der Waals surface area (Å²) in [5.74, 6) is 1.46. The van der Waals surface area contributed by atoms with Gasteiger partial charge < -0.3 is 19.5 Å². The zero-order valence-corrected chi connectivity index (χ0v) is 14.0. The third kappa shape index (κ3) is 2.82. The predicted molar refractivity (Wildman–Crippen MR) is 88.2 cm³/mol. The van der Waals surface area contributed by atoms with E-state index in [9.17, 15) is 4.79 Å². The van der Waals surface area contributed by atoms with Crippen LogP contribution < -0.4 is 9.47 Å². The summed E-state index contributed by atoms with van der Waals surface area (Å²) in [6.07, 6.45) is 0. The molecule has 1 aromatic heterocycles. The van der Waals surface area contributed by atoms with E-state index in [1.807, 2.05) is 18.2 Å². The summed E-state index contributed by atoms with van der Waals surface area (Å²) in [7, 11) is 4.93. The van der Waals surface area contributed by atoms with Crippen LogP contribution in [-0.2, 0) is 7.05 Å². The van der Waals surface area contributed by atoms with Crippen LogP contribution in [0, 0.1) is 5.92 Å². The van der Waals surface area contributed by atoms with E-state index >= 15 is 0 Å². The number of hydrogen-bond donors (Lipinski definition) is 1. The first-order valence-corrected chi connectivity index (χ1v) is 7.74. The number of amides is 1. The third-order valence-corrected chi connectivity index (χ3v) is 4.28. The Kier molecular flexibility index (Phi) is 4.44. The molecule has 1 amide bonds. The van der Waals surface area contributed by atoms with Crippen molar-refractivity contribution in [3.8, 4) is 22.8 Å². The van der Waals surface area contributed by atoms with Crippen molar-refractivity contribution in [2.45, 2.75) is 0 Å². The lowest BCUT2D eigenvalue weighted by Crippen LogP contribution is -2.51. The lowest BCUT2D eigenvalue weighted by molar-refractivity contribution is 0.0352. The number of ether oxygens (including phenoxy) is 2. The van der Waals surface area contributed by atoms with Gasteiger partial charge in [0.25, 0.3) is 5.91 Å². The van der Waals surface area contributed by atoms with Crippen LogP contribution in [-0.4, -0.2) is 59.6 Å². The van der Waals surface area contributed by atoms with Gasteiger partial charge in [0, 0.05) is 38.2 Å². The number of aliphatic hydroxyl groups is 1. The second-order valence-corrected chi connectivity index (χ2v) is 5.86. The van der Waals surface area contributed by atoms with Crippen LogP contribution in [0.5, 0.6) is 11.5 Å². The maximum absolute atomic E-state index is 12.6. The fourth-order valence-corrected chi connectivity index (χ4v) is 2.83. The number of aromatic nitrogens is 2. The molecule has 1 aliphatic rings. The molecular weight excluding hydrogens is 310 g/mol. The van der Waals surface area contributed by atoms with Crippen LogP contribution in [0.25, 0.3) is 11.3 Å². The maximum atomic E-state index is 12.6. The van der Waals surface area contributed by atoms with Crippen molar-refractivity contribution < 1.29 is 19.4 Å². The topological polar surface area (TPSA) is 76.8 Å². The summed E-state index contributed by atoms with van der Waals surface area (Å²) in [5.41, 5.74) is 1.92. The van der Waals surface area contributed by atoms with Crippen molar-refractivity contribution in [1.82, 2.24) is 14.7 Å². The van der Waals surface area contributed by atoms with Crippen molar-refractivity contribution in [2.75, 3.05) is 33.9 Å². The highest BCUT2D eigenvalue weighted by Gasteiger charge is 2.32. The van der Waals surface area contributed by atoms with E-state index in [4.69, 9.17) is 14.6 Å². The Balaban J connectivity index is 1.90. The average molecular weight is 331 g/mol. The Hall–Kier alpha value is -2.54. The molecule has 0 spiro atoms. The van der Waals surface area contributed by atoms with Gasteiger partial charge in [-0.1, -0.05) is 0 Å². The number of hydrogen-bond acceptors (Lipinski definition) is 5. The first-order chi connectivity index (χ1) is 11.6. The number of carbonyl (C=O) groups is 1.